The number of rotatable bonds is 5. The lowest BCUT2D eigenvalue weighted by atomic mass is 9.87. The van der Waals surface area contributed by atoms with Crippen LogP contribution < -0.4 is 15.2 Å². The van der Waals surface area contributed by atoms with Gasteiger partial charge in [0.05, 0.1) is 12.0 Å². The van der Waals surface area contributed by atoms with Crippen LogP contribution in [-0.2, 0) is 14.8 Å². The van der Waals surface area contributed by atoms with E-state index in [9.17, 15) is 13.2 Å². The van der Waals surface area contributed by atoms with Crippen LogP contribution in [0.3, 0.4) is 0 Å². The molecule has 0 heterocycles. The summed E-state index contributed by atoms with van der Waals surface area (Å²) >= 11 is 0. The highest BCUT2D eigenvalue weighted by atomic mass is 32.2. The Labute approximate surface area is 153 Å². The zero-order valence-electron chi connectivity index (χ0n) is 14.5. The molecule has 138 valence electrons. The molecule has 26 heavy (non-hydrogen) atoms. The van der Waals surface area contributed by atoms with Gasteiger partial charge in [-0.1, -0.05) is 30.7 Å². The van der Waals surface area contributed by atoms with Crippen molar-refractivity contribution in [2.45, 2.75) is 30.1 Å². The van der Waals surface area contributed by atoms with Crippen molar-refractivity contribution in [3.05, 3.63) is 54.1 Å². The minimum Gasteiger partial charge on any atom is -0.496 e. The van der Waals surface area contributed by atoms with E-state index in [1.165, 1.54) is 12.1 Å². The number of ether oxygens (including phenoxy) is 1. The van der Waals surface area contributed by atoms with Crippen molar-refractivity contribution in [2.24, 2.45) is 11.1 Å². The Morgan fingerprint density at radius 2 is 1.92 bits per heavy atom. The van der Waals surface area contributed by atoms with Gasteiger partial charge in [-0.3, -0.25) is 4.79 Å². The maximum absolute atomic E-state index is 12.8. The molecule has 0 bridgehead atoms. The van der Waals surface area contributed by atoms with Crippen molar-refractivity contribution < 1.29 is 17.9 Å². The van der Waals surface area contributed by atoms with Crippen LogP contribution in [0.1, 0.15) is 30.7 Å². The molecule has 1 aliphatic rings. The van der Waals surface area contributed by atoms with E-state index in [-0.39, 0.29) is 22.6 Å². The molecule has 0 aromatic heterocycles. The second-order valence-electron chi connectivity index (χ2n) is 6.45. The number of hydrogen-bond acceptors (Lipinski definition) is 4. The summed E-state index contributed by atoms with van der Waals surface area (Å²) in [4.78, 5) is 12.8. The molecular weight excluding hydrogens is 352 g/mol. The molecule has 0 spiro atoms. The van der Waals surface area contributed by atoms with Gasteiger partial charge in [0.2, 0.25) is 15.9 Å². The van der Waals surface area contributed by atoms with Crippen LogP contribution >= 0.6 is 0 Å². The number of methoxy groups -OCH3 is 1. The van der Waals surface area contributed by atoms with Crippen molar-refractivity contribution in [1.29, 1.82) is 0 Å². The molecule has 1 aliphatic carbocycles. The molecule has 1 unspecified atom stereocenters. The number of carbonyl (C=O) groups excluding carboxylic acids is 1. The molecule has 6 nitrogen and oxygen atoms in total. The van der Waals surface area contributed by atoms with E-state index >= 15 is 0 Å². The molecule has 2 aromatic rings. The zero-order valence-corrected chi connectivity index (χ0v) is 15.3. The van der Waals surface area contributed by atoms with E-state index in [1.54, 1.807) is 19.2 Å². The number of hydrogen-bond donors (Lipinski definition) is 2. The first-order valence-corrected chi connectivity index (χ1v) is 10.0. The van der Waals surface area contributed by atoms with Gasteiger partial charge in [-0.2, -0.15) is 0 Å². The highest BCUT2D eigenvalue weighted by Crippen LogP contribution is 2.43. The average Bonchev–Trinajstić information content (AvgIpc) is 3.11. The summed E-state index contributed by atoms with van der Waals surface area (Å²) in [6.45, 7) is 0. The summed E-state index contributed by atoms with van der Waals surface area (Å²) in [5, 5.41) is 7.99. The molecule has 0 aliphatic heterocycles. The van der Waals surface area contributed by atoms with E-state index in [0.717, 1.165) is 30.6 Å². The van der Waals surface area contributed by atoms with E-state index in [1.807, 2.05) is 24.3 Å². The van der Waals surface area contributed by atoms with Crippen LogP contribution in [0.4, 0.5) is 5.69 Å². The fourth-order valence-corrected chi connectivity index (χ4v) is 4.16. The number of carbonyl (C=O) groups is 1. The van der Waals surface area contributed by atoms with Crippen molar-refractivity contribution in [1.82, 2.24) is 0 Å². The summed E-state index contributed by atoms with van der Waals surface area (Å²) in [6.07, 6.45) is 2.65. The second-order valence-corrected chi connectivity index (χ2v) is 8.01. The zero-order chi connectivity index (χ0) is 18.7. The molecule has 1 amide bonds. The number of para-hydroxylation sites is 1. The maximum Gasteiger partial charge on any atom is 0.238 e. The first kappa shape index (κ1) is 18.4. The van der Waals surface area contributed by atoms with Gasteiger partial charge in [-0.05, 0) is 48.6 Å². The summed E-state index contributed by atoms with van der Waals surface area (Å²) in [6, 6.07) is 13.7. The van der Waals surface area contributed by atoms with Gasteiger partial charge in [-0.15, -0.1) is 0 Å². The Balaban J connectivity index is 1.81. The lowest BCUT2D eigenvalue weighted by Gasteiger charge is -2.21. The first-order chi connectivity index (χ1) is 12.4. The standard InChI is InChI=1S/C19H22N2O4S/c1-25-18-11-3-2-8-16(18)15-9-5-10-17(15)19(22)21-13-6-4-7-14(12-13)26(20,23)24/h2-4,6-8,11-12,15,17H,5,9-10H2,1H3,(H,21,22)(H2,20,23,24)/t15-,17?/m0/s1. The predicted octanol–water partition coefficient (Wildman–Crippen LogP) is 2.87. The molecular formula is C19H22N2O4S. The Bertz CT molecular complexity index is 911. The smallest absolute Gasteiger partial charge is 0.238 e. The van der Waals surface area contributed by atoms with E-state index in [0.29, 0.717) is 5.69 Å². The molecule has 0 radical (unpaired) electrons. The summed E-state index contributed by atoms with van der Waals surface area (Å²) in [5.41, 5.74) is 1.46. The lowest BCUT2D eigenvalue weighted by Crippen LogP contribution is -2.25. The summed E-state index contributed by atoms with van der Waals surface area (Å²) in [7, 11) is -2.18. The fourth-order valence-electron chi connectivity index (χ4n) is 3.60. The topological polar surface area (TPSA) is 98.5 Å². The first-order valence-electron chi connectivity index (χ1n) is 8.47. The van der Waals surface area contributed by atoms with Gasteiger partial charge in [0.15, 0.2) is 0 Å². The van der Waals surface area contributed by atoms with Crippen LogP contribution in [0.2, 0.25) is 0 Å². The monoisotopic (exact) mass is 374 g/mol. The molecule has 2 aromatic carbocycles. The number of nitrogens with one attached hydrogen (secondary N) is 1. The molecule has 1 fully saturated rings. The Morgan fingerprint density at radius 3 is 2.65 bits per heavy atom. The quantitative estimate of drug-likeness (QED) is 0.841. The predicted molar refractivity (Wildman–Crippen MR) is 99.5 cm³/mol. The van der Waals surface area contributed by atoms with Gasteiger partial charge >= 0.3 is 0 Å². The Hall–Kier alpha value is -2.38. The van der Waals surface area contributed by atoms with Crippen LogP contribution in [-0.4, -0.2) is 21.4 Å². The number of anilines is 1. The number of benzene rings is 2. The Morgan fingerprint density at radius 1 is 1.15 bits per heavy atom. The minimum absolute atomic E-state index is 0.0250. The van der Waals surface area contributed by atoms with Crippen LogP contribution in [0.5, 0.6) is 5.75 Å². The number of sulfonamides is 1. The summed E-state index contributed by atoms with van der Waals surface area (Å²) < 4.78 is 28.4. The van der Waals surface area contributed by atoms with Crippen LogP contribution in [0.15, 0.2) is 53.4 Å². The second kappa shape index (κ2) is 7.47. The van der Waals surface area contributed by atoms with Crippen LogP contribution in [0.25, 0.3) is 0 Å². The molecule has 2 atom stereocenters. The van der Waals surface area contributed by atoms with E-state index in [4.69, 9.17) is 9.88 Å². The van der Waals surface area contributed by atoms with Crippen molar-refractivity contribution in [3.8, 4) is 5.75 Å². The fraction of sp³-hybridized carbons (Fsp3) is 0.316. The maximum atomic E-state index is 12.8. The van der Waals surface area contributed by atoms with Crippen molar-refractivity contribution in [3.63, 3.8) is 0 Å². The third-order valence-corrected chi connectivity index (χ3v) is 5.73. The third-order valence-electron chi connectivity index (χ3n) is 4.82. The van der Waals surface area contributed by atoms with Gasteiger partial charge in [0.1, 0.15) is 5.75 Å². The lowest BCUT2D eigenvalue weighted by molar-refractivity contribution is -0.120. The van der Waals surface area contributed by atoms with Crippen molar-refractivity contribution >= 4 is 21.6 Å². The van der Waals surface area contributed by atoms with Gasteiger partial charge in [0.25, 0.3) is 0 Å². The number of nitrogens with two attached hydrogens (primary N) is 1. The third kappa shape index (κ3) is 3.89. The molecule has 3 rings (SSSR count). The Kier molecular flexibility index (Phi) is 5.29. The van der Waals surface area contributed by atoms with Crippen molar-refractivity contribution in [2.75, 3.05) is 12.4 Å². The minimum atomic E-state index is -3.81. The largest absolute Gasteiger partial charge is 0.496 e. The van der Waals surface area contributed by atoms with Gasteiger partial charge in [0, 0.05) is 11.6 Å². The highest BCUT2D eigenvalue weighted by molar-refractivity contribution is 7.89. The van der Waals surface area contributed by atoms with Crippen LogP contribution in [0, 0.1) is 5.92 Å². The SMILES string of the molecule is COc1ccccc1[C@@H]1CCCC1C(=O)Nc1cccc(S(N)(=O)=O)c1. The van der Waals surface area contributed by atoms with E-state index < -0.39 is 10.0 Å². The molecule has 1 saturated carbocycles. The highest BCUT2D eigenvalue weighted by Gasteiger charge is 2.35. The van der Waals surface area contributed by atoms with Gasteiger partial charge in [-0.25, -0.2) is 13.6 Å². The summed E-state index contributed by atoms with van der Waals surface area (Å²) in [5.74, 6) is 0.551. The molecule has 3 N–H and O–H groups in total. The number of primary sulfonamides is 1. The number of amides is 1. The van der Waals surface area contributed by atoms with E-state index in [2.05, 4.69) is 5.32 Å². The molecule has 7 heteroatoms. The normalized spacial score (nSPS) is 19.9. The molecule has 0 saturated heterocycles. The average molecular weight is 374 g/mol. The van der Waals surface area contributed by atoms with Gasteiger partial charge < -0.3 is 10.1 Å².